The Labute approximate surface area is 583 Å². The number of rotatable bonds is 19. The van der Waals surface area contributed by atoms with Gasteiger partial charge in [0.2, 0.25) is 0 Å². The van der Waals surface area contributed by atoms with Gasteiger partial charge in [0.15, 0.2) is 17.4 Å². The average Bonchev–Trinajstić information content (AvgIpc) is 1.73. The van der Waals surface area contributed by atoms with E-state index in [4.69, 9.17) is 46.4 Å². The van der Waals surface area contributed by atoms with E-state index < -0.39 is 42.3 Å². The zero-order chi connectivity index (χ0) is 69.1. The molecule has 526 valence electrons. The Balaban J connectivity index is 0.000000170. The second-order valence-corrected chi connectivity index (χ2v) is 44.3. The Bertz CT molecular complexity index is 3330. The van der Waals surface area contributed by atoms with Gasteiger partial charge in [0.25, 0.3) is 25.0 Å². The molecule has 6 aliphatic rings. The number of carbonyl (C=O) groups excluding carboxylic acids is 2. The summed E-state index contributed by atoms with van der Waals surface area (Å²) in [6, 6.07) is 63.9. The number of aldehydes is 1. The molecule has 0 unspecified atom stereocenters. The lowest BCUT2D eigenvalue weighted by molar-refractivity contribution is -0.167. The number of ether oxygens (including phenoxy) is 7. The summed E-state index contributed by atoms with van der Waals surface area (Å²) in [6.07, 6.45) is 3.82. The maximum Gasteiger partial charge on any atom is 0.306 e. The van der Waals surface area contributed by atoms with E-state index in [0.717, 1.165) is 19.1 Å². The van der Waals surface area contributed by atoms with Crippen molar-refractivity contribution in [2.45, 2.75) is 244 Å². The van der Waals surface area contributed by atoms with Gasteiger partial charge in [-0.2, -0.15) is 0 Å². The van der Waals surface area contributed by atoms with E-state index in [2.05, 4.69) is 232 Å². The van der Waals surface area contributed by atoms with Crippen LogP contribution in [0, 0.1) is 17.8 Å². The van der Waals surface area contributed by atoms with Gasteiger partial charge < -0.3 is 56.3 Å². The predicted molar refractivity (Wildman–Crippen MR) is 394 cm³/mol. The van der Waals surface area contributed by atoms with Crippen molar-refractivity contribution in [1.82, 2.24) is 0 Å². The standard InChI is InChI=1S/C28H38O5Si.C26H36O4Si.C26H34O4Si.CH4/c1-7-30-25(29)18-22-23(19-24-26(22)32-28(5,6)31-24)33-34(27(2,3)4,20-14-10-8-11-15-20)21-16-12-9-13-17-21;2*1-25(2,3)31(19-12-8-6-9-13-19,20-14-10-7-11-15-20)30-22-18-23-24(21(22)16-17-27)29-26(4,5)28-23;/h8-17,22-24,26H,7,18-19H2,1-6H3;6-15,21-24,27H,16-18H2,1-5H3;6-15,17,21-24H,16,18H2,1-5H3;1H4/t22-,23+,24+,26-;2*21-,22+,23+,24-;/m000./s1. The van der Waals surface area contributed by atoms with Crippen molar-refractivity contribution in [2.75, 3.05) is 13.2 Å². The van der Waals surface area contributed by atoms with Crippen molar-refractivity contribution >= 4 is 68.3 Å². The molecule has 13 nitrogen and oxygen atoms in total. The number of aliphatic hydroxyl groups is 1. The molecule has 6 aromatic carbocycles. The lowest BCUT2D eigenvalue weighted by atomic mass is 9.99. The monoisotopic (exact) mass is 1380 g/mol. The molecule has 1 N–H and O–H groups in total. The molecule has 0 spiro atoms. The van der Waals surface area contributed by atoms with Crippen molar-refractivity contribution in [3.8, 4) is 0 Å². The molecule has 0 radical (unpaired) electrons. The van der Waals surface area contributed by atoms with Crippen LogP contribution in [-0.4, -0.2) is 128 Å². The Morgan fingerprint density at radius 2 is 0.701 bits per heavy atom. The largest absolute Gasteiger partial charge is 0.466 e. The van der Waals surface area contributed by atoms with Crippen LogP contribution in [0.25, 0.3) is 0 Å². The van der Waals surface area contributed by atoms with Crippen LogP contribution in [0.4, 0.5) is 0 Å². The summed E-state index contributed by atoms with van der Waals surface area (Å²) in [7, 11) is -8.13. The van der Waals surface area contributed by atoms with Crippen molar-refractivity contribution in [1.29, 1.82) is 0 Å². The van der Waals surface area contributed by atoms with Crippen molar-refractivity contribution < 1.29 is 61.1 Å². The third kappa shape index (κ3) is 15.9. The Morgan fingerprint density at radius 1 is 0.443 bits per heavy atom. The molecule has 3 saturated heterocycles. The number of esters is 1. The van der Waals surface area contributed by atoms with Crippen LogP contribution >= 0.6 is 0 Å². The number of hydrogen-bond donors (Lipinski definition) is 1. The molecule has 97 heavy (non-hydrogen) atoms. The molecule has 3 aliphatic heterocycles. The molecule has 3 heterocycles. The normalized spacial score (nSPS) is 27.0. The zero-order valence-corrected chi connectivity index (χ0v) is 62.8. The maximum atomic E-state index is 12.6. The molecule has 16 heteroatoms. The minimum atomic E-state index is -2.77. The maximum absolute atomic E-state index is 12.6. The molecule has 0 amide bonds. The lowest BCUT2D eigenvalue weighted by Gasteiger charge is -2.46. The number of benzene rings is 6. The fourth-order valence-electron chi connectivity index (χ4n) is 16.8. The van der Waals surface area contributed by atoms with E-state index in [0.29, 0.717) is 25.9 Å². The van der Waals surface area contributed by atoms with Gasteiger partial charge in [0.05, 0.1) is 68.0 Å². The van der Waals surface area contributed by atoms with E-state index in [1.54, 1.807) is 0 Å². The predicted octanol–water partition coefficient (Wildman–Crippen LogP) is 13.0. The number of aliphatic hydroxyl groups excluding tert-OH is 1. The molecule has 6 aromatic rings. The lowest BCUT2D eigenvalue weighted by Crippen LogP contribution is -2.68. The van der Waals surface area contributed by atoms with Gasteiger partial charge >= 0.3 is 5.97 Å². The average molecular weight is 1380 g/mol. The topological polar surface area (TPSA) is 147 Å². The number of carbonyl (C=O) groups is 2. The van der Waals surface area contributed by atoms with E-state index >= 15 is 0 Å². The van der Waals surface area contributed by atoms with Crippen LogP contribution in [0.5, 0.6) is 0 Å². The third-order valence-electron chi connectivity index (χ3n) is 20.5. The first-order valence-electron chi connectivity index (χ1n) is 35.1. The molecule has 3 saturated carbocycles. The first-order valence-corrected chi connectivity index (χ1v) is 40.8. The molecular formula is C81H112O13Si3. The molecule has 0 bridgehead atoms. The summed E-state index contributed by atoms with van der Waals surface area (Å²) in [6.45, 7) is 34.6. The van der Waals surface area contributed by atoms with Gasteiger partial charge in [-0.05, 0) is 101 Å². The number of fused-ring (bicyclic) bond motifs is 3. The molecule has 12 rings (SSSR count). The van der Waals surface area contributed by atoms with Crippen molar-refractivity contribution in [3.63, 3.8) is 0 Å². The van der Waals surface area contributed by atoms with Gasteiger partial charge in [0.1, 0.15) is 6.29 Å². The molecular weight excluding hydrogens is 1270 g/mol. The van der Waals surface area contributed by atoms with E-state index in [-0.39, 0.29) is 114 Å². The number of hydrogen-bond acceptors (Lipinski definition) is 13. The summed E-state index contributed by atoms with van der Waals surface area (Å²) in [4.78, 5) is 24.3. The van der Waals surface area contributed by atoms with Gasteiger partial charge in [-0.1, -0.05) is 252 Å². The van der Waals surface area contributed by atoms with Crippen molar-refractivity contribution in [3.05, 3.63) is 182 Å². The Morgan fingerprint density at radius 3 is 0.959 bits per heavy atom. The van der Waals surface area contributed by atoms with Gasteiger partial charge in [-0.25, -0.2) is 0 Å². The minimum Gasteiger partial charge on any atom is -0.466 e. The van der Waals surface area contributed by atoms with Crippen LogP contribution in [0.2, 0.25) is 15.1 Å². The molecule has 3 aliphatic carbocycles. The third-order valence-corrected chi connectivity index (χ3v) is 35.7. The summed E-state index contributed by atoms with van der Waals surface area (Å²) >= 11 is 0. The van der Waals surface area contributed by atoms with Gasteiger partial charge in [-0.15, -0.1) is 0 Å². The highest BCUT2D eigenvalue weighted by Crippen LogP contribution is 2.51. The summed E-state index contributed by atoms with van der Waals surface area (Å²) in [5.41, 5.74) is 0. The first kappa shape index (κ1) is 75.9. The van der Waals surface area contributed by atoms with Gasteiger partial charge in [-0.3, -0.25) is 4.79 Å². The highest BCUT2D eigenvalue weighted by atomic mass is 28.4. The molecule has 0 aromatic heterocycles. The van der Waals surface area contributed by atoms with E-state index in [1.807, 2.05) is 60.6 Å². The quantitative estimate of drug-likeness (QED) is 0.0467. The zero-order valence-electron chi connectivity index (χ0n) is 59.8. The van der Waals surface area contributed by atoms with E-state index in [9.17, 15) is 14.7 Å². The van der Waals surface area contributed by atoms with Crippen LogP contribution < -0.4 is 31.1 Å². The molecule has 6 fully saturated rings. The SMILES string of the molecule is C.CC1(C)O[C@H]2[C@@H](CC=O)[C@H](O[Si](c3ccccc3)(c3ccccc3)C(C)(C)C)C[C@H]2O1.CC1(C)O[C@H]2[C@@H](CCO)[C@H](O[Si](c3ccccc3)(c3ccccc3)C(C)(C)C)C[C@H]2O1.CCOC(=O)C[C@@H]1[C@@H]2OC(C)(C)O[C@@H]2C[C@H]1O[Si](c1ccccc1)(c1ccccc1)C(C)(C)C. The van der Waals surface area contributed by atoms with Crippen LogP contribution in [0.15, 0.2) is 182 Å². The summed E-state index contributed by atoms with van der Waals surface area (Å²) < 4.78 is 64.9. The fourth-order valence-corrected chi connectivity index (χ4v) is 31.0. The van der Waals surface area contributed by atoms with E-state index in [1.165, 1.54) is 31.1 Å². The molecule has 12 atom stereocenters. The van der Waals surface area contributed by atoms with Crippen molar-refractivity contribution in [2.24, 2.45) is 17.8 Å². The summed E-state index contributed by atoms with van der Waals surface area (Å²) in [5.74, 6) is -2.09. The highest BCUT2D eigenvalue weighted by molar-refractivity contribution is 7.00. The van der Waals surface area contributed by atoms with Crippen LogP contribution in [0.1, 0.15) is 157 Å². The Kier molecular flexibility index (Phi) is 23.9. The minimum absolute atomic E-state index is 0. The van der Waals surface area contributed by atoms with Crippen LogP contribution in [0.3, 0.4) is 0 Å². The Hall–Kier alpha value is -5.29. The fraction of sp³-hybridized carbons (Fsp3) is 0.531. The first-order chi connectivity index (χ1) is 45.4. The van der Waals surface area contributed by atoms with Crippen LogP contribution in [-0.2, 0) is 56.0 Å². The smallest absolute Gasteiger partial charge is 0.306 e. The second kappa shape index (κ2) is 30.5. The second-order valence-electron chi connectivity index (χ2n) is 31.5. The highest BCUT2D eigenvalue weighted by Gasteiger charge is 2.62. The van der Waals surface area contributed by atoms with Gasteiger partial charge in [0, 0.05) is 50.0 Å². The summed E-state index contributed by atoms with van der Waals surface area (Å²) in [5, 5.41) is 17.0.